The predicted octanol–water partition coefficient (Wildman–Crippen LogP) is 3.46. The molecule has 4 rings (SSSR count). The number of nitrogens with zero attached hydrogens (tertiary/aromatic N) is 3. The van der Waals surface area contributed by atoms with Gasteiger partial charge in [-0.05, 0) is 42.1 Å². The van der Waals surface area contributed by atoms with Crippen molar-refractivity contribution in [2.45, 2.75) is 25.7 Å². The number of carbonyl (C=O) groups is 2. The molecular weight excluding hydrogens is 366 g/mol. The van der Waals surface area contributed by atoms with Crippen LogP contribution in [-0.2, 0) is 16.0 Å². The van der Waals surface area contributed by atoms with Gasteiger partial charge >= 0.3 is 5.97 Å². The summed E-state index contributed by atoms with van der Waals surface area (Å²) < 4.78 is 10.5. The second-order valence-electron chi connectivity index (χ2n) is 6.14. The van der Waals surface area contributed by atoms with Gasteiger partial charge in [0.1, 0.15) is 5.75 Å². The van der Waals surface area contributed by atoms with Crippen molar-refractivity contribution in [2.75, 3.05) is 11.4 Å². The number of anilines is 1. The largest absolute Gasteiger partial charge is 0.427 e. The van der Waals surface area contributed by atoms with E-state index in [2.05, 4.69) is 10.1 Å². The summed E-state index contributed by atoms with van der Waals surface area (Å²) in [5.41, 5.74) is 1.72. The molecule has 0 saturated carbocycles. The van der Waals surface area contributed by atoms with Crippen LogP contribution in [0.2, 0.25) is 0 Å². The Labute approximate surface area is 159 Å². The second-order valence-corrected chi connectivity index (χ2v) is 6.92. The van der Waals surface area contributed by atoms with Gasteiger partial charge in [-0.15, -0.1) is 0 Å². The highest BCUT2D eigenvalue weighted by atomic mass is 32.1. The van der Waals surface area contributed by atoms with Gasteiger partial charge in [0, 0.05) is 36.0 Å². The minimum Gasteiger partial charge on any atom is -0.427 e. The lowest BCUT2D eigenvalue weighted by molar-refractivity contribution is -0.134. The summed E-state index contributed by atoms with van der Waals surface area (Å²) in [7, 11) is 0. The van der Waals surface area contributed by atoms with Gasteiger partial charge in [0.25, 0.3) is 0 Å². The smallest absolute Gasteiger partial charge is 0.311 e. The number of aromatic nitrogens is 2. The van der Waals surface area contributed by atoms with Crippen LogP contribution >= 0.6 is 11.3 Å². The molecule has 1 aromatic carbocycles. The van der Waals surface area contributed by atoms with Crippen LogP contribution < -0.4 is 9.64 Å². The van der Waals surface area contributed by atoms with Crippen molar-refractivity contribution in [1.82, 2.24) is 10.1 Å². The van der Waals surface area contributed by atoms with Gasteiger partial charge in [-0.2, -0.15) is 16.3 Å². The number of ether oxygens (including phenoxy) is 1. The van der Waals surface area contributed by atoms with Crippen molar-refractivity contribution < 1.29 is 18.8 Å². The van der Waals surface area contributed by atoms with Gasteiger partial charge in [0.2, 0.25) is 17.6 Å². The molecule has 3 heterocycles. The molecule has 2 aromatic heterocycles. The van der Waals surface area contributed by atoms with E-state index in [0.717, 1.165) is 24.2 Å². The average Bonchev–Trinajstić information content (AvgIpc) is 3.42. The Morgan fingerprint density at radius 2 is 2.11 bits per heavy atom. The third-order valence-corrected chi connectivity index (χ3v) is 4.93. The Morgan fingerprint density at radius 1 is 1.26 bits per heavy atom. The molecule has 7 nitrogen and oxygen atoms in total. The predicted molar refractivity (Wildman–Crippen MR) is 99.6 cm³/mol. The molecule has 0 aliphatic carbocycles. The van der Waals surface area contributed by atoms with Gasteiger partial charge in [0.05, 0.1) is 6.42 Å². The highest BCUT2D eigenvalue weighted by molar-refractivity contribution is 7.08. The number of aryl methyl sites for hydroxylation is 1. The third kappa shape index (κ3) is 4.06. The molecule has 1 amide bonds. The zero-order valence-electron chi connectivity index (χ0n) is 14.5. The topological polar surface area (TPSA) is 85.5 Å². The lowest BCUT2D eigenvalue weighted by atomic mass is 10.2. The molecule has 3 aromatic rings. The molecule has 0 radical (unpaired) electrons. The maximum Gasteiger partial charge on any atom is 0.311 e. The Hall–Kier alpha value is -3.00. The number of hydrogen-bond acceptors (Lipinski definition) is 7. The number of benzene rings is 1. The van der Waals surface area contributed by atoms with Gasteiger partial charge in [-0.25, -0.2) is 0 Å². The van der Waals surface area contributed by atoms with Gasteiger partial charge in [0.15, 0.2) is 0 Å². The molecule has 1 fully saturated rings. The van der Waals surface area contributed by atoms with E-state index in [0.29, 0.717) is 30.3 Å². The van der Waals surface area contributed by atoms with Crippen LogP contribution in [0, 0.1) is 0 Å². The molecular formula is C19H17N3O4S. The highest BCUT2D eigenvalue weighted by Crippen LogP contribution is 2.24. The van der Waals surface area contributed by atoms with Crippen molar-refractivity contribution in [3.8, 4) is 17.1 Å². The van der Waals surface area contributed by atoms with E-state index >= 15 is 0 Å². The Morgan fingerprint density at radius 3 is 2.81 bits per heavy atom. The van der Waals surface area contributed by atoms with Gasteiger partial charge in [-0.3, -0.25) is 9.59 Å². The van der Waals surface area contributed by atoms with Crippen molar-refractivity contribution in [3.63, 3.8) is 0 Å². The summed E-state index contributed by atoms with van der Waals surface area (Å²) >= 11 is 1.55. The lowest BCUT2D eigenvalue weighted by Gasteiger charge is -2.15. The second kappa shape index (κ2) is 7.71. The summed E-state index contributed by atoms with van der Waals surface area (Å²) in [6, 6.07) is 8.88. The van der Waals surface area contributed by atoms with Crippen LogP contribution in [0.5, 0.6) is 5.75 Å². The van der Waals surface area contributed by atoms with Crippen LogP contribution in [-0.4, -0.2) is 28.6 Å². The zero-order valence-corrected chi connectivity index (χ0v) is 15.3. The Kier molecular flexibility index (Phi) is 4.97. The van der Waals surface area contributed by atoms with E-state index < -0.39 is 0 Å². The molecule has 0 bridgehead atoms. The van der Waals surface area contributed by atoms with Crippen LogP contribution in [0.15, 0.2) is 45.6 Å². The fourth-order valence-corrected chi connectivity index (χ4v) is 3.51. The first-order valence-electron chi connectivity index (χ1n) is 8.65. The van der Waals surface area contributed by atoms with Crippen LogP contribution in [0.3, 0.4) is 0 Å². The molecule has 1 aliphatic heterocycles. The van der Waals surface area contributed by atoms with E-state index in [-0.39, 0.29) is 18.3 Å². The molecule has 8 heteroatoms. The fourth-order valence-electron chi connectivity index (χ4n) is 2.87. The molecule has 1 saturated heterocycles. The van der Waals surface area contributed by atoms with E-state index in [1.807, 2.05) is 16.8 Å². The maximum atomic E-state index is 12.0. The fraction of sp³-hybridized carbons (Fsp3) is 0.263. The highest BCUT2D eigenvalue weighted by Gasteiger charge is 2.21. The molecule has 0 spiro atoms. The van der Waals surface area contributed by atoms with E-state index in [9.17, 15) is 9.59 Å². The van der Waals surface area contributed by atoms with Crippen LogP contribution in [0.25, 0.3) is 11.4 Å². The van der Waals surface area contributed by atoms with Crippen LogP contribution in [0.1, 0.15) is 25.2 Å². The normalized spacial score (nSPS) is 13.9. The molecule has 138 valence electrons. The summed E-state index contributed by atoms with van der Waals surface area (Å²) in [6.07, 6.45) is 1.91. The van der Waals surface area contributed by atoms with Crippen molar-refractivity contribution in [3.05, 3.63) is 47.0 Å². The molecule has 1 aliphatic rings. The standard InChI is InChI=1S/C19H17N3O4S/c23-17-2-1-10-22(17)14-3-5-15(6-4-14)25-18(24)8-7-16-20-19(21-26-16)13-9-11-27-12-13/h3-6,9,11-12H,1-2,7-8,10H2. The van der Waals surface area contributed by atoms with Crippen molar-refractivity contribution in [1.29, 1.82) is 0 Å². The number of rotatable bonds is 6. The monoisotopic (exact) mass is 383 g/mol. The third-order valence-electron chi connectivity index (χ3n) is 4.24. The van der Waals surface area contributed by atoms with Gasteiger partial charge < -0.3 is 14.2 Å². The quantitative estimate of drug-likeness (QED) is 0.479. The number of carbonyl (C=O) groups excluding carboxylic acids is 2. The molecule has 27 heavy (non-hydrogen) atoms. The average molecular weight is 383 g/mol. The van der Waals surface area contributed by atoms with Crippen LogP contribution in [0.4, 0.5) is 5.69 Å². The number of hydrogen-bond donors (Lipinski definition) is 0. The summed E-state index contributed by atoms with van der Waals surface area (Å²) in [5, 5.41) is 7.78. The van der Waals surface area contributed by atoms with E-state index in [1.165, 1.54) is 0 Å². The SMILES string of the molecule is O=C(CCc1nc(-c2ccsc2)no1)Oc1ccc(N2CCCC2=O)cc1. The van der Waals surface area contributed by atoms with E-state index in [4.69, 9.17) is 9.26 Å². The number of amides is 1. The first-order valence-corrected chi connectivity index (χ1v) is 9.59. The minimum absolute atomic E-state index is 0.126. The molecule has 0 atom stereocenters. The molecule has 0 unspecified atom stereocenters. The van der Waals surface area contributed by atoms with E-state index in [1.54, 1.807) is 40.5 Å². The van der Waals surface area contributed by atoms with Crippen molar-refractivity contribution >= 4 is 28.9 Å². The summed E-state index contributed by atoms with van der Waals surface area (Å²) in [5.74, 6) is 1.11. The first-order chi connectivity index (χ1) is 13.2. The zero-order chi connectivity index (χ0) is 18.6. The molecule has 0 N–H and O–H groups in total. The lowest BCUT2D eigenvalue weighted by Crippen LogP contribution is -2.23. The van der Waals surface area contributed by atoms with Crippen molar-refractivity contribution in [2.24, 2.45) is 0 Å². The Balaban J connectivity index is 1.30. The maximum absolute atomic E-state index is 12.0. The summed E-state index contributed by atoms with van der Waals surface area (Å²) in [4.78, 5) is 29.8. The number of esters is 1. The van der Waals surface area contributed by atoms with Gasteiger partial charge in [-0.1, -0.05) is 5.16 Å². The first kappa shape index (κ1) is 17.4. The number of thiophene rings is 1. The minimum atomic E-state index is -0.379. The Bertz CT molecular complexity index is 934. The summed E-state index contributed by atoms with van der Waals surface area (Å²) in [6.45, 7) is 0.732.